The molecule has 0 aliphatic carbocycles. The molecule has 16 heavy (non-hydrogen) atoms. The van der Waals surface area contributed by atoms with Crippen LogP contribution in [0.1, 0.15) is 22.2 Å². The lowest BCUT2D eigenvalue weighted by Gasteiger charge is -2.10. The first-order valence-corrected chi connectivity index (χ1v) is 5.73. The van der Waals surface area contributed by atoms with Crippen LogP contribution < -0.4 is 5.73 Å². The van der Waals surface area contributed by atoms with Gasteiger partial charge < -0.3 is 5.73 Å². The Labute approximate surface area is 97.3 Å². The Bertz CT molecular complexity index is 484. The molecule has 0 amide bonds. The minimum atomic E-state index is -0.239. The summed E-state index contributed by atoms with van der Waals surface area (Å²) in [5.41, 5.74) is 7.46. The van der Waals surface area contributed by atoms with Gasteiger partial charge in [-0.05, 0) is 36.5 Å². The SMILES string of the molecule is Cc1nnsc1C(N)Cc1ccccc1F. The van der Waals surface area contributed by atoms with Crippen molar-refractivity contribution in [2.45, 2.75) is 19.4 Å². The Morgan fingerprint density at radius 3 is 2.81 bits per heavy atom. The van der Waals surface area contributed by atoms with Crippen LogP contribution in [0.3, 0.4) is 0 Å². The first kappa shape index (κ1) is 11.2. The van der Waals surface area contributed by atoms with Gasteiger partial charge in [0, 0.05) is 6.04 Å². The van der Waals surface area contributed by atoms with E-state index in [0.717, 1.165) is 10.6 Å². The Kier molecular flexibility index (Phi) is 3.26. The van der Waals surface area contributed by atoms with Gasteiger partial charge in [0.05, 0.1) is 10.6 Å². The maximum Gasteiger partial charge on any atom is 0.126 e. The van der Waals surface area contributed by atoms with E-state index in [9.17, 15) is 4.39 Å². The molecule has 1 unspecified atom stereocenters. The fourth-order valence-electron chi connectivity index (χ4n) is 1.57. The second-order valence-corrected chi connectivity index (χ2v) is 4.41. The van der Waals surface area contributed by atoms with E-state index in [1.807, 2.05) is 13.0 Å². The van der Waals surface area contributed by atoms with Crippen molar-refractivity contribution < 1.29 is 4.39 Å². The number of hydrogen-bond acceptors (Lipinski definition) is 4. The van der Waals surface area contributed by atoms with E-state index in [2.05, 4.69) is 9.59 Å². The van der Waals surface area contributed by atoms with Crippen LogP contribution in [0.5, 0.6) is 0 Å². The molecule has 2 aromatic rings. The van der Waals surface area contributed by atoms with Gasteiger partial charge in [-0.15, -0.1) is 5.10 Å². The highest BCUT2D eigenvalue weighted by molar-refractivity contribution is 7.05. The van der Waals surface area contributed by atoms with Gasteiger partial charge in [0.1, 0.15) is 5.82 Å². The average Bonchev–Trinajstić information content (AvgIpc) is 2.68. The highest BCUT2D eigenvalue weighted by Crippen LogP contribution is 2.22. The number of rotatable bonds is 3. The topological polar surface area (TPSA) is 51.8 Å². The molecule has 3 nitrogen and oxygen atoms in total. The highest BCUT2D eigenvalue weighted by Gasteiger charge is 2.14. The van der Waals surface area contributed by atoms with Crippen molar-refractivity contribution in [3.05, 3.63) is 46.2 Å². The van der Waals surface area contributed by atoms with Crippen molar-refractivity contribution in [3.63, 3.8) is 0 Å². The van der Waals surface area contributed by atoms with Crippen LogP contribution in [-0.2, 0) is 6.42 Å². The first-order chi connectivity index (χ1) is 7.68. The van der Waals surface area contributed by atoms with Gasteiger partial charge in [-0.25, -0.2) is 4.39 Å². The Balaban J connectivity index is 2.17. The quantitative estimate of drug-likeness (QED) is 0.890. The van der Waals surface area contributed by atoms with E-state index < -0.39 is 0 Å². The molecule has 0 saturated carbocycles. The lowest BCUT2D eigenvalue weighted by Crippen LogP contribution is -2.13. The van der Waals surface area contributed by atoms with Crippen LogP contribution in [-0.4, -0.2) is 9.59 Å². The molecule has 2 N–H and O–H groups in total. The zero-order valence-corrected chi connectivity index (χ0v) is 9.67. The fourth-order valence-corrected chi connectivity index (χ4v) is 2.21. The minimum Gasteiger partial charge on any atom is -0.323 e. The number of aryl methyl sites for hydroxylation is 1. The van der Waals surface area contributed by atoms with E-state index in [0.29, 0.717) is 12.0 Å². The Hall–Kier alpha value is -1.33. The van der Waals surface area contributed by atoms with Gasteiger partial charge in [0.25, 0.3) is 0 Å². The van der Waals surface area contributed by atoms with E-state index in [1.165, 1.54) is 17.6 Å². The minimum absolute atomic E-state index is 0.215. The maximum absolute atomic E-state index is 13.4. The van der Waals surface area contributed by atoms with Gasteiger partial charge in [-0.3, -0.25) is 0 Å². The van der Waals surface area contributed by atoms with Crippen molar-refractivity contribution >= 4 is 11.5 Å². The Morgan fingerprint density at radius 1 is 1.44 bits per heavy atom. The third kappa shape index (κ3) is 2.25. The van der Waals surface area contributed by atoms with Gasteiger partial charge in [-0.2, -0.15) is 0 Å². The molecule has 0 aliphatic heterocycles. The predicted molar refractivity (Wildman–Crippen MR) is 61.7 cm³/mol. The summed E-state index contributed by atoms with van der Waals surface area (Å²) in [6.45, 7) is 1.86. The highest BCUT2D eigenvalue weighted by atomic mass is 32.1. The number of halogens is 1. The summed E-state index contributed by atoms with van der Waals surface area (Å²) in [5.74, 6) is -0.215. The third-order valence-corrected chi connectivity index (χ3v) is 3.38. The molecule has 0 aliphatic rings. The number of nitrogens with two attached hydrogens (primary N) is 1. The molecule has 1 aromatic heterocycles. The van der Waals surface area contributed by atoms with Crippen LogP contribution in [0.15, 0.2) is 24.3 Å². The van der Waals surface area contributed by atoms with Crippen molar-refractivity contribution in [2.24, 2.45) is 5.73 Å². The molecule has 2 rings (SSSR count). The molecule has 5 heteroatoms. The molecule has 1 aromatic carbocycles. The maximum atomic E-state index is 13.4. The van der Waals surface area contributed by atoms with E-state index in [4.69, 9.17) is 5.73 Å². The van der Waals surface area contributed by atoms with E-state index >= 15 is 0 Å². The predicted octanol–water partition coefficient (Wildman–Crippen LogP) is 2.23. The molecule has 1 heterocycles. The monoisotopic (exact) mass is 237 g/mol. The fraction of sp³-hybridized carbons (Fsp3) is 0.273. The normalized spacial score (nSPS) is 12.7. The van der Waals surface area contributed by atoms with E-state index in [-0.39, 0.29) is 11.9 Å². The average molecular weight is 237 g/mol. The Morgan fingerprint density at radius 2 is 2.19 bits per heavy atom. The number of hydrogen-bond donors (Lipinski definition) is 1. The molecule has 0 fully saturated rings. The second kappa shape index (κ2) is 4.67. The number of benzene rings is 1. The summed E-state index contributed by atoms with van der Waals surface area (Å²) in [6, 6.07) is 6.43. The first-order valence-electron chi connectivity index (χ1n) is 4.96. The molecule has 0 spiro atoms. The smallest absolute Gasteiger partial charge is 0.126 e. The largest absolute Gasteiger partial charge is 0.323 e. The van der Waals surface area contributed by atoms with Crippen LogP contribution >= 0.6 is 11.5 Å². The van der Waals surface area contributed by atoms with Crippen molar-refractivity contribution in [3.8, 4) is 0 Å². The van der Waals surface area contributed by atoms with Crippen molar-refractivity contribution in [2.75, 3.05) is 0 Å². The molecular formula is C11H12FN3S. The summed E-state index contributed by atoms with van der Waals surface area (Å²) in [4.78, 5) is 0.920. The van der Waals surface area contributed by atoms with Crippen LogP contribution in [0, 0.1) is 12.7 Å². The summed E-state index contributed by atoms with van der Waals surface area (Å²) in [5, 5.41) is 3.90. The zero-order valence-electron chi connectivity index (χ0n) is 8.85. The van der Waals surface area contributed by atoms with Crippen molar-refractivity contribution in [1.29, 1.82) is 0 Å². The molecular weight excluding hydrogens is 225 g/mol. The standard InChI is InChI=1S/C11H12FN3S/c1-7-11(16-15-14-7)10(13)6-8-4-2-3-5-9(8)12/h2-5,10H,6,13H2,1H3. The lowest BCUT2D eigenvalue weighted by atomic mass is 10.0. The second-order valence-electron chi connectivity index (χ2n) is 3.62. The van der Waals surface area contributed by atoms with Gasteiger partial charge >= 0.3 is 0 Å². The zero-order chi connectivity index (χ0) is 11.5. The van der Waals surface area contributed by atoms with Crippen LogP contribution in [0.4, 0.5) is 4.39 Å². The number of nitrogens with zero attached hydrogens (tertiary/aromatic N) is 2. The molecule has 0 saturated heterocycles. The van der Waals surface area contributed by atoms with Crippen LogP contribution in [0.2, 0.25) is 0 Å². The van der Waals surface area contributed by atoms with E-state index in [1.54, 1.807) is 12.1 Å². The third-order valence-electron chi connectivity index (χ3n) is 2.42. The molecule has 0 bridgehead atoms. The van der Waals surface area contributed by atoms with Crippen LogP contribution in [0.25, 0.3) is 0 Å². The summed E-state index contributed by atoms with van der Waals surface area (Å²) >= 11 is 1.27. The molecule has 1 atom stereocenters. The summed E-state index contributed by atoms with van der Waals surface area (Å²) in [7, 11) is 0. The van der Waals surface area contributed by atoms with Gasteiger partial charge in [-0.1, -0.05) is 22.7 Å². The van der Waals surface area contributed by atoms with Gasteiger partial charge in [0.15, 0.2) is 0 Å². The van der Waals surface area contributed by atoms with Gasteiger partial charge in [0.2, 0.25) is 0 Å². The summed E-state index contributed by atoms with van der Waals surface area (Å²) in [6.07, 6.45) is 0.470. The molecule has 0 radical (unpaired) electrons. The lowest BCUT2D eigenvalue weighted by molar-refractivity contribution is 0.594. The number of aromatic nitrogens is 2. The van der Waals surface area contributed by atoms with Crippen molar-refractivity contribution in [1.82, 2.24) is 9.59 Å². The summed E-state index contributed by atoms with van der Waals surface area (Å²) < 4.78 is 17.2. The molecule has 84 valence electrons.